The summed E-state index contributed by atoms with van der Waals surface area (Å²) in [5, 5.41) is 1.19. The number of nitrogens with one attached hydrogen (secondary N) is 1. The third kappa shape index (κ3) is 6.89. The molecule has 0 aliphatic carbocycles. The Balaban J connectivity index is 4.41. The first-order valence-corrected chi connectivity index (χ1v) is 5.28. The Morgan fingerprint density at radius 3 is 2.53 bits per heavy atom. The van der Waals surface area contributed by atoms with Crippen LogP contribution >= 0.6 is 0 Å². The fourth-order valence-corrected chi connectivity index (χ4v) is 0.953. The van der Waals surface area contributed by atoms with Crippen LogP contribution in [-0.4, -0.2) is 23.4 Å². The maximum Gasteiger partial charge on any atom is 0.264 e. The van der Waals surface area contributed by atoms with Crippen molar-refractivity contribution in [2.45, 2.75) is 13.3 Å². The molecule has 0 spiro atoms. The second-order valence-electron chi connectivity index (χ2n) is 3.12. The number of carbonyl (C=O) groups excluding carboxylic acids is 2. The van der Waals surface area contributed by atoms with Gasteiger partial charge >= 0.3 is 0 Å². The van der Waals surface area contributed by atoms with Crippen LogP contribution in [0.1, 0.15) is 13.3 Å². The van der Waals surface area contributed by atoms with E-state index in [1.807, 2.05) is 6.92 Å². The second-order valence-corrected chi connectivity index (χ2v) is 3.12. The van der Waals surface area contributed by atoms with Crippen LogP contribution in [0.15, 0.2) is 49.6 Å². The van der Waals surface area contributed by atoms with E-state index in [9.17, 15) is 9.59 Å². The van der Waals surface area contributed by atoms with Gasteiger partial charge in [0.15, 0.2) is 0 Å². The molecule has 0 aromatic carbocycles. The molecule has 17 heavy (non-hydrogen) atoms. The van der Waals surface area contributed by atoms with Crippen LogP contribution in [0.4, 0.5) is 0 Å². The molecule has 4 heteroatoms. The second kappa shape index (κ2) is 9.15. The van der Waals surface area contributed by atoms with E-state index in [-0.39, 0.29) is 11.8 Å². The van der Waals surface area contributed by atoms with Crippen molar-refractivity contribution >= 4 is 11.8 Å². The maximum atomic E-state index is 11.4. The van der Waals surface area contributed by atoms with Gasteiger partial charge in [-0.25, -0.2) is 5.01 Å². The molecule has 0 atom stereocenters. The molecular weight excluding hydrogens is 216 g/mol. The Morgan fingerprint density at radius 1 is 1.29 bits per heavy atom. The lowest BCUT2D eigenvalue weighted by molar-refractivity contribution is -0.135. The zero-order valence-corrected chi connectivity index (χ0v) is 10.1. The Bertz CT molecular complexity index is 343. The predicted molar refractivity (Wildman–Crippen MR) is 68.8 cm³/mol. The average molecular weight is 234 g/mol. The van der Waals surface area contributed by atoms with E-state index in [0.717, 1.165) is 6.08 Å². The summed E-state index contributed by atoms with van der Waals surface area (Å²) in [5.74, 6) is -0.708. The van der Waals surface area contributed by atoms with Crippen LogP contribution in [0.3, 0.4) is 0 Å². The Hall–Kier alpha value is -2.10. The first-order chi connectivity index (χ1) is 8.15. The van der Waals surface area contributed by atoms with Gasteiger partial charge in [0.2, 0.25) is 0 Å². The smallest absolute Gasteiger partial charge is 0.264 e. The molecule has 0 aromatic heterocycles. The summed E-state index contributed by atoms with van der Waals surface area (Å²) in [6.07, 6.45) is 10.0. The van der Waals surface area contributed by atoms with Gasteiger partial charge in [-0.2, -0.15) is 0 Å². The zero-order chi connectivity index (χ0) is 13.1. The van der Waals surface area contributed by atoms with Crippen molar-refractivity contribution in [2.24, 2.45) is 0 Å². The Labute approximate surface area is 102 Å². The fraction of sp³-hybridized carbons (Fsp3) is 0.231. The summed E-state index contributed by atoms with van der Waals surface area (Å²) in [5.41, 5.74) is 2.46. The minimum atomic E-state index is -0.355. The number of amides is 2. The van der Waals surface area contributed by atoms with Gasteiger partial charge in [-0.1, -0.05) is 30.9 Å². The van der Waals surface area contributed by atoms with Crippen molar-refractivity contribution in [2.75, 3.05) is 6.54 Å². The third-order valence-corrected chi connectivity index (χ3v) is 1.78. The van der Waals surface area contributed by atoms with Gasteiger partial charge in [0.05, 0.1) is 6.54 Å². The highest BCUT2D eigenvalue weighted by Gasteiger charge is 2.09. The SMILES string of the molecule is C=CCC=CC(=O)NN(CC=CC)C(=O)C=C. The van der Waals surface area contributed by atoms with Crippen molar-refractivity contribution in [1.29, 1.82) is 0 Å². The molecular formula is C13H18N2O2. The lowest BCUT2D eigenvalue weighted by atomic mass is 10.3. The number of carbonyl (C=O) groups is 2. The average Bonchev–Trinajstić information content (AvgIpc) is 2.33. The molecule has 0 saturated heterocycles. The number of allylic oxidation sites excluding steroid dienone is 3. The van der Waals surface area contributed by atoms with E-state index in [1.54, 1.807) is 24.3 Å². The Morgan fingerprint density at radius 2 is 2.00 bits per heavy atom. The van der Waals surface area contributed by atoms with Crippen molar-refractivity contribution in [3.05, 3.63) is 49.6 Å². The number of hydrogen-bond acceptors (Lipinski definition) is 2. The first-order valence-electron chi connectivity index (χ1n) is 5.28. The van der Waals surface area contributed by atoms with E-state index < -0.39 is 0 Å². The molecule has 1 N–H and O–H groups in total. The fourth-order valence-electron chi connectivity index (χ4n) is 0.953. The van der Waals surface area contributed by atoms with Gasteiger partial charge in [0.25, 0.3) is 11.8 Å². The summed E-state index contributed by atoms with van der Waals surface area (Å²) in [6, 6.07) is 0. The maximum absolute atomic E-state index is 11.4. The highest BCUT2D eigenvalue weighted by molar-refractivity contribution is 5.92. The van der Waals surface area contributed by atoms with Crippen LogP contribution in [-0.2, 0) is 9.59 Å². The van der Waals surface area contributed by atoms with Crippen LogP contribution < -0.4 is 5.43 Å². The summed E-state index contributed by atoms with van der Waals surface area (Å²) in [7, 11) is 0. The van der Waals surface area contributed by atoms with Crippen LogP contribution in [0, 0.1) is 0 Å². The van der Waals surface area contributed by atoms with Crippen molar-refractivity contribution < 1.29 is 9.59 Å². The number of hydrazine groups is 1. The molecule has 0 bridgehead atoms. The molecule has 0 heterocycles. The van der Waals surface area contributed by atoms with Crippen molar-refractivity contribution in [3.8, 4) is 0 Å². The van der Waals surface area contributed by atoms with Gasteiger partial charge in [0, 0.05) is 6.08 Å². The highest BCUT2D eigenvalue weighted by Crippen LogP contribution is 1.90. The molecule has 0 aromatic rings. The van der Waals surface area contributed by atoms with Crippen LogP contribution in [0.25, 0.3) is 0 Å². The topological polar surface area (TPSA) is 49.4 Å². The molecule has 2 amide bonds. The van der Waals surface area contributed by atoms with E-state index in [2.05, 4.69) is 18.6 Å². The molecule has 0 aliphatic heterocycles. The molecule has 92 valence electrons. The number of hydrogen-bond donors (Lipinski definition) is 1. The van der Waals surface area contributed by atoms with Crippen LogP contribution in [0.2, 0.25) is 0 Å². The van der Waals surface area contributed by atoms with Gasteiger partial charge in [-0.3, -0.25) is 15.0 Å². The Kier molecular flexibility index (Phi) is 8.02. The zero-order valence-electron chi connectivity index (χ0n) is 10.1. The predicted octanol–water partition coefficient (Wildman–Crippen LogP) is 1.74. The van der Waals surface area contributed by atoms with E-state index >= 15 is 0 Å². The summed E-state index contributed by atoms with van der Waals surface area (Å²) < 4.78 is 0. The summed E-state index contributed by atoms with van der Waals surface area (Å²) in [6.45, 7) is 9.05. The van der Waals surface area contributed by atoms with Gasteiger partial charge in [-0.05, 0) is 19.4 Å². The quantitative estimate of drug-likeness (QED) is 0.432. The number of rotatable bonds is 6. The van der Waals surface area contributed by atoms with Gasteiger partial charge in [-0.15, -0.1) is 6.58 Å². The van der Waals surface area contributed by atoms with E-state index in [0.29, 0.717) is 13.0 Å². The highest BCUT2D eigenvalue weighted by atomic mass is 16.2. The summed E-state index contributed by atoms with van der Waals surface area (Å²) in [4.78, 5) is 22.8. The first kappa shape index (κ1) is 14.9. The minimum Gasteiger partial charge on any atom is -0.268 e. The monoisotopic (exact) mass is 234 g/mol. The largest absolute Gasteiger partial charge is 0.268 e. The van der Waals surface area contributed by atoms with Crippen molar-refractivity contribution in [3.63, 3.8) is 0 Å². The molecule has 0 saturated carbocycles. The standard InChI is InChI=1S/C13H18N2O2/c1-4-7-9-10-12(16)14-15(11-8-5-2)13(17)6-3/h4-6,8-10H,1,3,7,11H2,2H3,(H,14,16). The minimum absolute atomic E-state index is 0.308. The summed E-state index contributed by atoms with van der Waals surface area (Å²) >= 11 is 0. The van der Waals surface area contributed by atoms with E-state index in [1.165, 1.54) is 11.1 Å². The molecule has 0 rings (SSSR count). The molecule has 0 fully saturated rings. The molecule has 0 unspecified atom stereocenters. The molecule has 0 aliphatic rings. The number of nitrogens with zero attached hydrogens (tertiary/aromatic N) is 1. The lowest BCUT2D eigenvalue weighted by Gasteiger charge is -2.19. The van der Waals surface area contributed by atoms with Crippen molar-refractivity contribution in [1.82, 2.24) is 10.4 Å². The van der Waals surface area contributed by atoms with Gasteiger partial charge in [0.1, 0.15) is 0 Å². The molecule has 0 radical (unpaired) electrons. The normalized spacial score (nSPS) is 10.4. The van der Waals surface area contributed by atoms with Gasteiger partial charge < -0.3 is 0 Å². The van der Waals surface area contributed by atoms with Crippen LogP contribution in [0.5, 0.6) is 0 Å². The molecule has 4 nitrogen and oxygen atoms in total. The lowest BCUT2D eigenvalue weighted by Crippen LogP contribution is -2.44. The van der Waals surface area contributed by atoms with E-state index in [4.69, 9.17) is 0 Å². The third-order valence-electron chi connectivity index (χ3n) is 1.78.